The van der Waals surface area contributed by atoms with E-state index in [1.165, 1.54) is 19.2 Å². The minimum atomic E-state index is -4.52. The second-order valence-electron chi connectivity index (χ2n) is 7.38. The summed E-state index contributed by atoms with van der Waals surface area (Å²) in [6.45, 7) is 8.12. The molecule has 0 bridgehead atoms. The van der Waals surface area contributed by atoms with Crippen molar-refractivity contribution in [2.75, 3.05) is 41.4 Å². The molecule has 0 amide bonds. The molecule has 0 fully saturated rings. The maximum atomic E-state index is 13.1. The van der Waals surface area contributed by atoms with E-state index in [1.807, 2.05) is 19.0 Å². The molecule has 1 aromatic rings. The number of nitrogens with zero attached hydrogens (tertiary/aromatic N) is 3. The van der Waals surface area contributed by atoms with Crippen molar-refractivity contribution in [1.82, 2.24) is 9.80 Å². The van der Waals surface area contributed by atoms with Crippen LogP contribution in [0.15, 0.2) is 46.9 Å². The first-order valence-corrected chi connectivity index (χ1v) is 9.59. The molecule has 1 aromatic carbocycles. The van der Waals surface area contributed by atoms with E-state index in [4.69, 9.17) is 16.0 Å². The summed E-state index contributed by atoms with van der Waals surface area (Å²) in [7, 11) is 6.52. The van der Waals surface area contributed by atoms with Crippen LogP contribution in [0.25, 0.3) is 4.85 Å². The Balaban J connectivity index is 0.00000544. The van der Waals surface area contributed by atoms with Gasteiger partial charge in [0.05, 0.1) is 31.0 Å². The summed E-state index contributed by atoms with van der Waals surface area (Å²) in [5.74, 6) is -1.46. The average Bonchev–Trinajstić information content (AvgIpc) is 2.75. The Morgan fingerprint density at radius 1 is 1.27 bits per heavy atom. The van der Waals surface area contributed by atoms with Gasteiger partial charge in [0.25, 0.3) is 6.47 Å². The quantitative estimate of drug-likeness (QED) is 0.315. The molecule has 7 nitrogen and oxygen atoms in total. The summed E-state index contributed by atoms with van der Waals surface area (Å²) in [5.41, 5.74) is 0.485. The van der Waals surface area contributed by atoms with Gasteiger partial charge in [0.15, 0.2) is 0 Å². The van der Waals surface area contributed by atoms with Crippen molar-refractivity contribution in [3.05, 3.63) is 69.5 Å². The Morgan fingerprint density at radius 2 is 1.88 bits per heavy atom. The van der Waals surface area contributed by atoms with Gasteiger partial charge in [-0.3, -0.25) is 9.69 Å². The molecule has 1 atom stereocenters. The highest BCUT2D eigenvalue weighted by atomic mass is 35.5. The highest BCUT2D eigenvalue weighted by Gasteiger charge is 2.40. The van der Waals surface area contributed by atoms with Crippen molar-refractivity contribution in [2.45, 2.75) is 18.5 Å². The van der Waals surface area contributed by atoms with E-state index in [0.29, 0.717) is 24.2 Å². The Labute approximate surface area is 196 Å². The predicted octanol–water partition coefficient (Wildman–Crippen LogP) is 3.84. The second-order valence-corrected chi connectivity index (χ2v) is 7.38. The monoisotopic (exact) mass is 487 g/mol. The van der Waals surface area contributed by atoms with Gasteiger partial charge < -0.3 is 19.2 Å². The topological polar surface area (TPSA) is 63.4 Å². The van der Waals surface area contributed by atoms with Gasteiger partial charge in [-0.1, -0.05) is 18.7 Å². The van der Waals surface area contributed by atoms with E-state index in [9.17, 15) is 22.8 Å². The van der Waals surface area contributed by atoms with Crippen LogP contribution in [-0.2, 0) is 25.2 Å². The molecule has 1 aliphatic rings. The minimum absolute atomic E-state index is 0. The molecule has 11 heteroatoms. The number of alkyl halides is 3. The zero-order chi connectivity index (χ0) is 24.1. The summed E-state index contributed by atoms with van der Waals surface area (Å²) in [5, 5.41) is 0. The van der Waals surface area contributed by atoms with Gasteiger partial charge in [-0.05, 0) is 31.8 Å². The minimum Gasteiger partial charge on any atom is -0.466 e. The van der Waals surface area contributed by atoms with Crippen LogP contribution in [0.2, 0.25) is 0 Å². The largest absolute Gasteiger partial charge is 0.466 e. The third-order valence-corrected chi connectivity index (χ3v) is 5.14. The van der Waals surface area contributed by atoms with Crippen LogP contribution in [0.5, 0.6) is 0 Å². The average molecular weight is 488 g/mol. The number of ether oxygens (including phenoxy) is 2. The maximum absolute atomic E-state index is 13.1. The smallest absolute Gasteiger partial charge is 0.416 e. The predicted molar refractivity (Wildman–Crippen MR) is 117 cm³/mol. The number of esters is 1. The van der Waals surface area contributed by atoms with Crippen molar-refractivity contribution in [3.8, 4) is 0 Å². The molecule has 2 rings (SSSR count). The number of halogens is 4. The molecule has 0 radical (unpaired) electrons. The zero-order valence-corrected chi connectivity index (χ0v) is 19.4. The molecular weight excluding hydrogens is 463 g/mol. The van der Waals surface area contributed by atoms with Gasteiger partial charge in [0, 0.05) is 24.5 Å². The summed E-state index contributed by atoms with van der Waals surface area (Å²) in [6.07, 6.45) is -4.14. The summed E-state index contributed by atoms with van der Waals surface area (Å²) < 4.78 is 49.1. The number of benzene rings is 1. The third kappa shape index (κ3) is 6.27. The van der Waals surface area contributed by atoms with Crippen molar-refractivity contribution < 1.29 is 32.2 Å². The molecule has 0 aromatic heterocycles. The van der Waals surface area contributed by atoms with Gasteiger partial charge >= 0.3 is 12.1 Å². The number of carbonyl (C=O) groups excluding carboxylic acids is 2. The first-order valence-electron chi connectivity index (χ1n) is 9.59. The summed E-state index contributed by atoms with van der Waals surface area (Å²) in [6, 6.07) is 4.34. The standard InChI is InChI=1S/C22H24F3N3O4.ClH/c1-26-20-16(12-32-13-29)18(14-6-8-15(9-7-14)22(23,24)25)19(21(30)31-5)17(28(20)4)10-11-27(2)3;/h6-9,13,18H,10-12H2,2-5H3;1H. The fourth-order valence-electron chi connectivity index (χ4n) is 3.62. The van der Waals surface area contributed by atoms with Gasteiger partial charge in [-0.15, -0.1) is 12.4 Å². The van der Waals surface area contributed by atoms with Crippen LogP contribution >= 0.6 is 12.4 Å². The van der Waals surface area contributed by atoms with E-state index in [2.05, 4.69) is 4.85 Å². The molecule has 1 heterocycles. The molecule has 180 valence electrons. The number of carbonyl (C=O) groups is 2. The first-order chi connectivity index (χ1) is 15.1. The van der Waals surface area contributed by atoms with Crippen molar-refractivity contribution in [3.63, 3.8) is 0 Å². The number of rotatable bonds is 8. The zero-order valence-electron chi connectivity index (χ0n) is 18.6. The molecule has 0 N–H and O–H groups in total. The molecule has 0 aliphatic carbocycles. The number of methoxy groups -OCH3 is 1. The van der Waals surface area contributed by atoms with Crippen LogP contribution in [0.3, 0.4) is 0 Å². The van der Waals surface area contributed by atoms with E-state index in [0.717, 1.165) is 12.1 Å². The van der Waals surface area contributed by atoms with Gasteiger partial charge in [0.1, 0.15) is 6.61 Å². The van der Waals surface area contributed by atoms with Crippen molar-refractivity contribution in [2.24, 2.45) is 0 Å². The van der Waals surface area contributed by atoms with Crippen LogP contribution in [-0.4, -0.2) is 63.6 Å². The van der Waals surface area contributed by atoms with Crippen molar-refractivity contribution in [1.29, 1.82) is 0 Å². The lowest BCUT2D eigenvalue weighted by molar-refractivity contribution is -0.138. The summed E-state index contributed by atoms with van der Waals surface area (Å²) in [4.78, 5) is 30.8. The fourth-order valence-corrected chi connectivity index (χ4v) is 3.62. The van der Waals surface area contributed by atoms with Crippen molar-refractivity contribution >= 4 is 24.8 Å². The normalized spacial score (nSPS) is 16.3. The van der Waals surface area contributed by atoms with E-state index in [1.54, 1.807) is 11.9 Å². The number of hydrogen-bond acceptors (Lipinski definition) is 6. The summed E-state index contributed by atoms with van der Waals surface area (Å²) >= 11 is 0. The van der Waals surface area contributed by atoms with Gasteiger partial charge in [-0.25, -0.2) is 4.79 Å². The van der Waals surface area contributed by atoms with Crippen LogP contribution in [0.4, 0.5) is 13.2 Å². The third-order valence-electron chi connectivity index (χ3n) is 5.14. The highest BCUT2D eigenvalue weighted by Crippen LogP contribution is 2.44. The fraction of sp³-hybridized carbons (Fsp3) is 0.409. The van der Waals surface area contributed by atoms with E-state index in [-0.39, 0.29) is 42.5 Å². The SMILES string of the molecule is Cl.[C-]#[N+]C1=C(COC=O)C(c2ccc(C(F)(F)F)cc2)C(C(=O)OC)=C(CCN(C)C)N1C. The van der Waals surface area contributed by atoms with Gasteiger partial charge in [-0.2, -0.15) is 13.2 Å². The first kappa shape index (κ1) is 28.0. The highest BCUT2D eigenvalue weighted by molar-refractivity contribution is 5.92. The van der Waals surface area contributed by atoms with Gasteiger partial charge in [0.2, 0.25) is 5.82 Å². The van der Waals surface area contributed by atoms with E-state index >= 15 is 0 Å². The molecular formula is C22H25ClF3N3O4. The second kappa shape index (κ2) is 11.7. The lowest BCUT2D eigenvalue weighted by Crippen LogP contribution is -2.34. The number of hydrogen-bond donors (Lipinski definition) is 0. The Bertz CT molecular complexity index is 967. The molecule has 0 saturated carbocycles. The lowest BCUT2D eigenvalue weighted by atomic mass is 9.80. The Morgan fingerprint density at radius 3 is 2.33 bits per heavy atom. The molecule has 0 spiro atoms. The lowest BCUT2D eigenvalue weighted by Gasteiger charge is -2.35. The molecule has 1 aliphatic heterocycles. The molecule has 33 heavy (non-hydrogen) atoms. The van der Waals surface area contributed by atoms with Crippen LogP contribution in [0, 0.1) is 6.57 Å². The van der Waals surface area contributed by atoms with E-state index < -0.39 is 23.6 Å². The molecule has 1 unspecified atom stereocenters. The Kier molecular flexibility index (Phi) is 9.95. The maximum Gasteiger partial charge on any atom is 0.416 e. The molecule has 0 saturated heterocycles. The Hall–Kier alpha value is -3.03. The van der Waals surface area contributed by atoms with Crippen LogP contribution in [0.1, 0.15) is 23.5 Å². The van der Waals surface area contributed by atoms with Crippen LogP contribution < -0.4 is 0 Å².